The van der Waals surface area contributed by atoms with Crippen molar-refractivity contribution in [3.8, 4) is 5.75 Å². The summed E-state index contributed by atoms with van der Waals surface area (Å²) in [7, 11) is 3.81. The average Bonchev–Trinajstić information content (AvgIpc) is 3.13. The summed E-state index contributed by atoms with van der Waals surface area (Å²) in [6, 6.07) is 10.3. The van der Waals surface area contributed by atoms with Gasteiger partial charge in [0.25, 0.3) is 5.56 Å². The van der Waals surface area contributed by atoms with E-state index < -0.39 is 0 Å². The van der Waals surface area contributed by atoms with Crippen LogP contribution in [0.15, 0.2) is 35.1 Å². The highest BCUT2D eigenvalue weighted by Crippen LogP contribution is 2.27. The molecule has 3 heterocycles. The molecule has 1 saturated heterocycles. The summed E-state index contributed by atoms with van der Waals surface area (Å²) < 4.78 is 7.26. The fourth-order valence-corrected chi connectivity index (χ4v) is 4.92. The van der Waals surface area contributed by atoms with Gasteiger partial charge in [0.2, 0.25) is 0 Å². The number of rotatable bonds is 5. The summed E-state index contributed by atoms with van der Waals surface area (Å²) in [6.07, 6.45) is 3.57. The normalized spacial score (nSPS) is 16.0. The number of ether oxygens (including phenoxy) is 1. The van der Waals surface area contributed by atoms with Crippen molar-refractivity contribution in [3.63, 3.8) is 0 Å². The quantitative estimate of drug-likeness (QED) is 0.655. The first-order valence-corrected chi connectivity index (χ1v) is 10.8. The largest absolute Gasteiger partial charge is 0.497 e. The second kappa shape index (κ2) is 8.05. The molecule has 6 heteroatoms. The van der Waals surface area contributed by atoms with Gasteiger partial charge in [0, 0.05) is 17.3 Å². The van der Waals surface area contributed by atoms with Crippen LogP contribution in [0, 0.1) is 0 Å². The van der Waals surface area contributed by atoms with Crippen molar-refractivity contribution in [1.82, 2.24) is 14.5 Å². The number of nitrogens with zero attached hydrogens (tertiary/aromatic N) is 3. The lowest BCUT2D eigenvalue weighted by atomic mass is 10.0. The molecule has 0 bridgehead atoms. The van der Waals surface area contributed by atoms with Crippen LogP contribution in [0.3, 0.4) is 0 Å². The smallest absolute Gasteiger partial charge is 0.262 e. The van der Waals surface area contributed by atoms with Crippen molar-refractivity contribution in [2.75, 3.05) is 27.2 Å². The van der Waals surface area contributed by atoms with Crippen molar-refractivity contribution < 1.29 is 4.74 Å². The van der Waals surface area contributed by atoms with E-state index in [9.17, 15) is 4.79 Å². The van der Waals surface area contributed by atoms with Crippen molar-refractivity contribution in [2.45, 2.75) is 38.6 Å². The van der Waals surface area contributed by atoms with Gasteiger partial charge in [0.15, 0.2) is 0 Å². The van der Waals surface area contributed by atoms with Gasteiger partial charge in [-0.2, -0.15) is 0 Å². The lowest BCUT2D eigenvalue weighted by Gasteiger charge is -2.31. The molecule has 0 amide bonds. The van der Waals surface area contributed by atoms with Gasteiger partial charge in [-0.3, -0.25) is 9.36 Å². The lowest BCUT2D eigenvalue weighted by molar-refractivity contribution is 0.216. The third-order valence-corrected chi connectivity index (χ3v) is 6.82. The Balaban J connectivity index is 1.79. The molecule has 4 rings (SSSR count). The Morgan fingerprint density at radius 1 is 1.21 bits per heavy atom. The molecule has 1 aliphatic heterocycles. The number of aryl methyl sites for hydroxylation is 1. The molecular weight excluding hydrogens is 370 g/mol. The summed E-state index contributed by atoms with van der Waals surface area (Å²) in [5.74, 6) is 1.72. The number of hydrogen-bond acceptors (Lipinski definition) is 5. The summed E-state index contributed by atoms with van der Waals surface area (Å²) in [6.45, 7) is 4.15. The van der Waals surface area contributed by atoms with Gasteiger partial charge >= 0.3 is 0 Å². The zero-order chi connectivity index (χ0) is 19.7. The fourth-order valence-electron chi connectivity index (χ4n) is 3.94. The van der Waals surface area contributed by atoms with E-state index in [4.69, 9.17) is 9.72 Å². The molecule has 1 aliphatic rings. The maximum absolute atomic E-state index is 13.4. The number of fused-ring (bicyclic) bond motifs is 1. The highest BCUT2D eigenvalue weighted by atomic mass is 32.1. The van der Waals surface area contributed by atoms with Crippen molar-refractivity contribution in [3.05, 3.63) is 57.0 Å². The van der Waals surface area contributed by atoms with Crippen LogP contribution in [0.5, 0.6) is 5.75 Å². The molecule has 0 saturated carbocycles. The van der Waals surface area contributed by atoms with Crippen LogP contribution in [-0.4, -0.2) is 41.7 Å². The number of aromatic nitrogens is 2. The van der Waals surface area contributed by atoms with Crippen LogP contribution in [0.1, 0.15) is 42.1 Å². The fraction of sp³-hybridized carbons (Fsp3) is 0.455. The minimum atomic E-state index is 0.124. The van der Waals surface area contributed by atoms with E-state index in [0.29, 0.717) is 6.42 Å². The Hall–Kier alpha value is -2.18. The summed E-state index contributed by atoms with van der Waals surface area (Å²) in [5.41, 5.74) is 1.26. The third-order valence-electron chi connectivity index (χ3n) is 5.64. The third kappa shape index (κ3) is 3.71. The first-order chi connectivity index (χ1) is 13.6. The number of piperidine rings is 1. The molecule has 0 spiro atoms. The number of hydrogen-bond donors (Lipinski definition) is 0. The Kier molecular flexibility index (Phi) is 5.51. The Bertz CT molecular complexity index is 1010. The molecular formula is C22H27N3O2S. The van der Waals surface area contributed by atoms with Crippen LogP contribution in [0.4, 0.5) is 0 Å². The molecule has 2 aromatic heterocycles. The zero-order valence-electron chi connectivity index (χ0n) is 16.8. The van der Waals surface area contributed by atoms with Crippen LogP contribution in [-0.2, 0) is 12.8 Å². The molecule has 3 aromatic rings. The number of thiophene rings is 1. The predicted molar refractivity (Wildman–Crippen MR) is 115 cm³/mol. The zero-order valence-corrected chi connectivity index (χ0v) is 17.6. The molecule has 0 N–H and O–H groups in total. The van der Waals surface area contributed by atoms with E-state index in [-0.39, 0.29) is 11.6 Å². The number of benzene rings is 1. The minimum absolute atomic E-state index is 0.124. The van der Waals surface area contributed by atoms with E-state index in [1.807, 2.05) is 22.8 Å². The second-order valence-electron chi connectivity index (χ2n) is 7.55. The van der Waals surface area contributed by atoms with E-state index >= 15 is 0 Å². The average molecular weight is 398 g/mol. The maximum Gasteiger partial charge on any atom is 0.262 e. The van der Waals surface area contributed by atoms with E-state index in [2.05, 4.69) is 31.0 Å². The van der Waals surface area contributed by atoms with Gasteiger partial charge in [-0.1, -0.05) is 19.1 Å². The van der Waals surface area contributed by atoms with E-state index in [0.717, 1.165) is 59.7 Å². The minimum Gasteiger partial charge on any atom is -0.497 e. The van der Waals surface area contributed by atoms with Crippen LogP contribution in [0.25, 0.3) is 10.2 Å². The van der Waals surface area contributed by atoms with Crippen LogP contribution in [0.2, 0.25) is 0 Å². The SMILES string of the molecule is CCc1cc2c(=O)n(C3CCN(C)CC3)c(Cc3ccc(OC)cc3)nc2s1. The van der Waals surface area contributed by atoms with Gasteiger partial charge in [-0.25, -0.2) is 4.98 Å². The van der Waals surface area contributed by atoms with Crippen LogP contribution >= 0.6 is 11.3 Å². The van der Waals surface area contributed by atoms with Gasteiger partial charge in [-0.15, -0.1) is 11.3 Å². The Labute approximate surface area is 169 Å². The van der Waals surface area contributed by atoms with Gasteiger partial charge in [0.05, 0.1) is 12.5 Å². The highest BCUT2D eigenvalue weighted by molar-refractivity contribution is 7.18. The maximum atomic E-state index is 13.4. The molecule has 0 unspecified atom stereocenters. The molecule has 1 aromatic carbocycles. The number of likely N-dealkylation sites (tertiary alicyclic amines) is 1. The molecule has 1 fully saturated rings. The van der Waals surface area contributed by atoms with E-state index in [1.54, 1.807) is 18.4 Å². The Morgan fingerprint density at radius 2 is 1.93 bits per heavy atom. The summed E-state index contributed by atoms with van der Waals surface area (Å²) in [5, 5.41) is 0.777. The van der Waals surface area contributed by atoms with Gasteiger partial charge < -0.3 is 9.64 Å². The predicted octanol–water partition coefficient (Wildman–Crippen LogP) is 3.89. The molecule has 0 aliphatic carbocycles. The summed E-state index contributed by atoms with van der Waals surface area (Å²) >= 11 is 1.65. The van der Waals surface area contributed by atoms with Crippen molar-refractivity contribution in [2.24, 2.45) is 0 Å². The van der Waals surface area contributed by atoms with Crippen molar-refractivity contribution in [1.29, 1.82) is 0 Å². The van der Waals surface area contributed by atoms with Crippen LogP contribution < -0.4 is 10.3 Å². The van der Waals surface area contributed by atoms with Gasteiger partial charge in [-0.05, 0) is 63.2 Å². The molecule has 5 nitrogen and oxygen atoms in total. The van der Waals surface area contributed by atoms with E-state index in [1.165, 1.54) is 4.88 Å². The molecule has 148 valence electrons. The van der Waals surface area contributed by atoms with Crippen molar-refractivity contribution >= 4 is 21.6 Å². The first kappa shape index (κ1) is 19.2. The number of methoxy groups -OCH3 is 1. The molecule has 28 heavy (non-hydrogen) atoms. The topological polar surface area (TPSA) is 47.4 Å². The molecule has 0 atom stereocenters. The first-order valence-electron chi connectivity index (χ1n) is 9.94. The summed E-state index contributed by atoms with van der Waals surface area (Å²) in [4.78, 5) is 22.8. The Morgan fingerprint density at radius 3 is 2.57 bits per heavy atom. The lowest BCUT2D eigenvalue weighted by Crippen LogP contribution is -2.37. The van der Waals surface area contributed by atoms with Gasteiger partial charge in [0.1, 0.15) is 16.4 Å². The standard InChI is InChI=1S/C22H27N3O2S/c1-4-18-14-19-21(28-18)23-20(13-15-5-7-17(27-3)8-6-15)25(22(19)26)16-9-11-24(2)12-10-16/h5-8,14,16H,4,9-13H2,1-3H3. The highest BCUT2D eigenvalue weighted by Gasteiger charge is 2.24. The second-order valence-corrected chi connectivity index (χ2v) is 8.66. The molecule has 0 radical (unpaired) electrons. The monoisotopic (exact) mass is 397 g/mol.